The van der Waals surface area contributed by atoms with Crippen molar-refractivity contribution in [2.75, 3.05) is 0 Å². The van der Waals surface area contributed by atoms with Gasteiger partial charge in [0.05, 0.1) is 0 Å². The summed E-state index contributed by atoms with van der Waals surface area (Å²) in [6.07, 6.45) is 9.98. The first-order valence-corrected chi connectivity index (χ1v) is 6.82. The van der Waals surface area contributed by atoms with Crippen molar-refractivity contribution in [2.45, 2.75) is 16.8 Å². The molecule has 1 aliphatic rings. The number of hydrogen-bond donors (Lipinski definition) is 1. The van der Waals surface area contributed by atoms with Crippen LogP contribution < -0.4 is 5.32 Å². The number of allylic oxidation sites excluding steroid dienone is 2. The molecular weight excluding hydrogens is 224 g/mol. The zero-order valence-electron chi connectivity index (χ0n) is 8.38. The maximum Gasteiger partial charge on any atom is 0.110 e. The van der Waals surface area contributed by atoms with E-state index < -0.39 is 0 Å². The number of nitrogens with zero attached hydrogens (tertiary/aromatic N) is 1. The van der Waals surface area contributed by atoms with Gasteiger partial charge in [-0.3, -0.25) is 0 Å². The molecule has 0 fully saturated rings. The van der Waals surface area contributed by atoms with E-state index in [2.05, 4.69) is 29.4 Å². The van der Waals surface area contributed by atoms with Crippen LogP contribution in [0.1, 0.15) is 6.92 Å². The molecule has 0 bridgehead atoms. The van der Waals surface area contributed by atoms with Crippen LogP contribution in [0.5, 0.6) is 0 Å². The van der Waals surface area contributed by atoms with E-state index >= 15 is 0 Å². The van der Waals surface area contributed by atoms with Crippen LogP contribution in [0.25, 0.3) is 0 Å². The minimum Gasteiger partial charge on any atom is -0.373 e. The molecule has 2 nitrogen and oxygen atoms in total. The topological polar surface area (TPSA) is 24.9 Å². The average Bonchev–Trinajstić information content (AvgIpc) is 2.29. The van der Waals surface area contributed by atoms with Gasteiger partial charge in [-0.2, -0.15) is 0 Å². The Morgan fingerprint density at radius 2 is 2.27 bits per heavy atom. The molecule has 0 saturated heterocycles. The Labute approximate surface area is 97.7 Å². The second kappa shape index (κ2) is 4.77. The Balaban J connectivity index is 1.93. The van der Waals surface area contributed by atoms with Gasteiger partial charge < -0.3 is 5.32 Å². The number of aromatic nitrogens is 1. The van der Waals surface area contributed by atoms with Crippen LogP contribution in [0.2, 0.25) is 0 Å². The van der Waals surface area contributed by atoms with E-state index in [0.717, 1.165) is 5.03 Å². The first-order valence-electron chi connectivity index (χ1n) is 4.67. The molecule has 0 saturated carbocycles. The summed E-state index contributed by atoms with van der Waals surface area (Å²) in [6.45, 7) is 2.15. The molecule has 0 spiro atoms. The third-order valence-electron chi connectivity index (χ3n) is 1.93. The predicted molar refractivity (Wildman–Crippen MR) is 67.5 cm³/mol. The number of nitrogens with one attached hydrogen (secondary N) is 1. The Morgan fingerprint density at radius 1 is 1.33 bits per heavy atom. The molecule has 2 rings (SSSR count). The molecule has 2 heterocycles. The van der Waals surface area contributed by atoms with Crippen LogP contribution in [0.3, 0.4) is 0 Å². The Hall–Kier alpha value is -0.870. The molecule has 0 radical (unpaired) electrons. The minimum absolute atomic E-state index is 0.0447. The zero-order chi connectivity index (χ0) is 10.6. The summed E-state index contributed by atoms with van der Waals surface area (Å²) in [6, 6.07) is 5.95. The van der Waals surface area contributed by atoms with Crippen LogP contribution in [0.15, 0.2) is 53.8 Å². The van der Waals surface area contributed by atoms with E-state index in [4.69, 9.17) is 0 Å². The summed E-state index contributed by atoms with van der Waals surface area (Å²) in [5, 5.41) is 4.35. The number of hydrogen-bond acceptors (Lipinski definition) is 4. The SMILES string of the molecule is CC1(SSc2ccccn2)C=CC=CN1. The van der Waals surface area contributed by atoms with Crippen molar-refractivity contribution >= 4 is 21.6 Å². The third kappa shape index (κ3) is 3.04. The zero-order valence-corrected chi connectivity index (χ0v) is 10.0. The Morgan fingerprint density at radius 3 is 2.93 bits per heavy atom. The number of rotatable bonds is 3. The van der Waals surface area contributed by atoms with E-state index in [1.54, 1.807) is 21.6 Å². The second-order valence-corrected chi connectivity index (χ2v) is 5.90. The minimum atomic E-state index is -0.0447. The lowest BCUT2D eigenvalue weighted by molar-refractivity contribution is 0.704. The highest BCUT2D eigenvalue weighted by molar-refractivity contribution is 8.77. The fourth-order valence-electron chi connectivity index (χ4n) is 1.13. The van der Waals surface area contributed by atoms with Gasteiger partial charge in [-0.05, 0) is 48.2 Å². The van der Waals surface area contributed by atoms with Crippen LogP contribution >= 0.6 is 21.6 Å². The van der Waals surface area contributed by atoms with Gasteiger partial charge in [0.15, 0.2) is 0 Å². The van der Waals surface area contributed by atoms with E-state index in [-0.39, 0.29) is 4.87 Å². The van der Waals surface area contributed by atoms with Crippen molar-refractivity contribution in [3.63, 3.8) is 0 Å². The fraction of sp³-hybridized carbons (Fsp3) is 0.182. The fourth-order valence-corrected chi connectivity index (χ4v) is 3.26. The molecule has 1 unspecified atom stereocenters. The maximum atomic E-state index is 4.27. The lowest BCUT2D eigenvalue weighted by atomic mass is 10.2. The Kier molecular flexibility index (Phi) is 3.38. The summed E-state index contributed by atoms with van der Waals surface area (Å²) >= 11 is 0. The number of pyridine rings is 1. The largest absolute Gasteiger partial charge is 0.373 e. The first-order chi connectivity index (χ1) is 7.29. The lowest BCUT2D eigenvalue weighted by Crippen LogP contribution is -2.33. The van der Waals surface area contributed by atoms with Crippen LogP contribution in [0, 0.1) is 0 Å². The second-order valence-electron chi connectivity index (χ2n) is 3.30. The molecule has 15 heavy (non-hydrogen) atoms. The summed E-state index contributed by atoms with van der Waals surface area (Å²) in [4.78, 5) is 4.22. The smallest absolute Gasteiger partial charge is 0.110 e. The third-order valence-corrected chi connectivity index (χ3v) is 4.83. The van der Waals surface area contributed by atoms with E-state index in [9.17, 15) is 0 Å². The van der Waals surface area contributed by atoms with E-state index in [1.165, 1.54) is 0 Å². The normalized spacial score (nSPS) is 23.8. The molecule has 1 N–H and O–H groups in total. The quantitative estimate of drug-likeness (QED) is 0.815. The van der Waals surface area contributed by atoms with Crippen molar-refractivity contribution in [3.05, 3.63) is 48.8 Å². The highest BCUT2D eigenvalue weighted by Gasteiger charge is 2.21. The molecule has 0 aromatic carbocycles. The maximum absolute atomic E-state index is 4.27. The van der Waals surface area contributed by atoms with Crippen molar-refractivity contribution in [1.82, 2.24) is 10.3 Å². The molecule has 1 aromatic heterocycles. The van der Waals surface area contributed by atoms with Gasteiger partial charge in [-0.1, -0.05) is 22.9 Å². The van der Waals surface area contributed by atoms with Gasteiger partial charge in [-0.25, -0.2) is 4.98 Å². The summed E-state index contributed by atoms with van der Waals surface area (Å²) in [5.41, 5.74) is 0. The molecular formula is C11H12N2S2. The van der Waals surface area contributed by atoms with Crippen LogP contribution in [-0.2, 0) is 0 Å². The molecule has 1 aromatic rings. The van der Waals surface area contributed by atoms with Gasteiger partial charge in [0.1, 0.15) is 9.90 Å². The highest BCUT2D eigenvalue weighted by Crippen LogP contribution is 2.39. The van der Waals surface area contributed by atoms with Gasteiger partial charge in [-0.15, -0.1) is 0 Å². The molecule has 1 aliphatic heterocycles. The average molecular weight is 236 g/mol. The van der Waals surface area contributed by atoms with Gasteiger partial charge >= 0.3 is 0 Å². The molecule has 0 amide bonds. The van der Waals surface area contributed by atoms with E-state index in [0.29, 0.717) is 0 Å². The van der Waals surface area contributed by atoms with Crippen LogP contribution in [0.4, 0.5) is 0 Å². The van der Waals surface area contributed by atoms with Gasteiger partial charge in [0.25, 0.3) is 0 Å². The van der Waals surface area contributed by atoms with Crippen molar-refractivity contribution in [2.24, 2.45) is 0 Å². The summed E-state index contributed by atoms with van der Waals surface area (Å²) in [7, 11) is 3.44. The van der Waals surface area contributed by atoms with Crippen LogP contribution in [-0.4, -0.2) is 9.85 Å². The number of dihydropyridines is 1. The van der Waals surface area contributed by atoms with Crippen molar-refractivity contribution in [3.8, 4) is 0 Å². The predicted octanol–water partition coefficient (Wildman–Crippen LogP) is 3.21. The molecule has 1 atom stereocenters. The van der Waals surface area contributed by atoms with Crippen molar-refractivity contribution < 1.29 is 0 Å². The van der Waals surface area contributed by atoms with Gasteiger partial charge in [0, 0.05) is 6.20 Å². The molecule has 4 heteroatoms. The monoisotopic (exact) mass is 236 g/mol. The van der Waals surface area contributed by atoms with E-state index in [1.807, 2.05) is 36.7 Å². The molecule has 78 valence electrons. The standard InChI is InChI=1S/C11H12N2S2/c1-11(7-3-5-9-13-11)15-14-10-6-2-4-8-12-10/h2-9,13H,1H3. The summed E-state index contributed by atoms with van der Waals surface area (Å²) < 4.78 is 0. The summed E-state index contributed by atoms with van der Waals surface area (Å²) in [5.74, 6) is 0. The Bertz CT molecular complexity index is 375. The highest BCUT2D eigenvalue weighted by atomic mass is 33.1. The molecule has 0 aliphatic carbocycles. The van der Waals surface area contributed by atoms with Crippen molar-refractivity contribution in [1.29, 1.82) is 0 Å². The lowest BCUT2D eigenvalue weighted by Gasteiger charge is -2.26. The van der Waals surface area contributed by atoms with Gasteiger partial charge in [0.2, 0.25) is 0 Å². The first kappa shape index (κ1) is 10.6.